The van der Waals surface area contributed by atoms with Gasteiger partial charge in [0.1, 0.15) is 12.7 Å². The fourth-order valence-electron chi connectivity index (χ4n) is 2.18. The van der Waals surface area contributed by atoms with Gasteiger partial charge in [0.05, 0.1) is 0 Å². The first kappa shape index (κ1) is 20.4. The van der Waals surface area contributed by atoms with Crippen molar-refractivity contribution in [2.45, 2.75) is 57.1 Å². The Balaban J connectivity index is 3.11. The van der Waals surface area contributed by atoms with Crippen molar-refractivity contribution in [1.29, 1.82) is 0 Å². The number of esters is 4. The highest BCUT2D eigenvalue weighted by molar-refractivity contribution is 9.09. The van der Waals surface area contributed by atoms with E-state index in [1.807, 2.05) is 0 Å². The highest BCUT2D eigenvalue weighted by Gasteiger charge is 2.51. The lowest BCUT2D eigenvalue weighted by Gasteiger charge is -2.42. The van der Waals surface area contributed by atoms with Gasteiger partial charge < -0.3 is 23.7 Å². The second kappa shape index (κ2) is 8.97. The minimum Gasteiger partial charge on any atom is -0.463 e. The van der Waals surface area contributed by atoms with E-state index in [4.69, 9.17) is 23.7 Å². The van der Waals surface area contributed by atoms with Gasteiger partial charge in [-0.05, 0) is 0 Å². The van der Waals surface area contributed by atoms with E-state index in [0.717, 1.165) is 13.8 Å². The summed E-state index contributed by atoms with van der Waals surface area (Å²) in [5, 5.41) is -0.863. The summed E-state index contributed by atoms with van der Waals surface area (Å²) in [7, 11) is 0. The molecule has 24 heavy (non-hydrogen) atoms. The predicted molar refractivity (Wildman–Crippen MR) is 80.9 cm³/mol. The average Bonchev–Trinajstić information content (AvgIpc) is 2.42. The van der Waals surface area contributed by atoms with Gasteiger partial charge in [-0.3, -0.25) is 19.2 Å². The van der Waals surface area contributed by atoms with Gasteiger partial charge in [0, 0.05) is 27.7 Å². The van der Waals surface area contributed by atoms with Gasteiger partial charge in [0.25, 0.3) is 0 Å². The summed E-state index contributed by atoms with van der Waals surface area (Å²) in [6, 6.07) is 0. The van der Waals surface area contributed by atoms with Crippen molar-refractivity contribution < 1.29 is 42.9 Å². The third kappa shape index (κ3) is 6.08. The van der Waals surface area contributed by atoms with Crippen LogP contribution in [-0.2, 0) is 42.9 Å². The minimum absolute atomic E-state index is 0.236. The van der Waals surface area contributed by atoms with Gasteiger partial charge >= 0.3 is 23.9 Å². The lowest BCUT2D eigenvalue weighted by molar-refractivity contribution is -0.236. The highest BCUT2D eigenvalue weighted by Crippen LogP contribution is 2.31. The lowest BCUT2D eigenvalue weighted by atomic mass is 9.99. The van der Waals surface area contributed by atoms with Crippen LogP contribution < -0.4 is 0 Å². The Morgan fingerprint density at radius 2 is 1.25 bits per heavy atom. The van der Waals surface area contributed by atoms with E-state index < -0.39 is 53.3 Å². The molecule has 0 radical (unpaired) electrons. The molecule has 0 amide bonds. The molecule has 0 N–H and O–H groups in total. The molecular weight excluding hydrogens is 392 g/mol. The van der Waals surface area contributed by atoms with Crippen LogP contribution in [0.1, 0.15) is 27.7 Å². The quantitative estimate of drug-likeness (QED) is 0.362. The van der Waals surface area contributed by atoms with Crippen molar-refractivity contribution >= 4 is 39.8 Å². The fraction of sp³-hybridized carbons (Fsp3) is 0.714. The number of alkyl halides is 1. The molecule has 1 rings (SSSR count). The number of rotatable bonds is 5. The molecule has 9 nitrogen and oxygen atoms in total. The van der Waals surface area contributed by atoms with E-state index in [1.54, 1.807) is 0 Å². The van der Waals surface area contributed by atoms with Crippen molar-refractivity contribution in [3.63, 3.8) is 0 Å². The molecule has 1 heterocycles. The summed E-state index contributed by atoms with van der Waals surface area (Å²) < 4.78 is 25.9. The molecule has 1 aliphatic heterocycles. The first-order valence-corrected chi connectivity index (χ1v) is 7.98. The van der Waals surface area contributed by atoms with E-state index in [2.05, 4.69) is 15.9 Å². The Morgan fingerprint density at radius 3 is 1.71 bits per heavy atom. The van der Waals surface area contributed by atoms with Gasteiger partial charge in [-0.2, -0.15) is 0 Å². The summed E-state index contributed by atoms with van der Waals surface area (Å²) in [6.07, 6.45) is -4.22. The Morgan fingerprint density at radius 1 is 0.792 bits per heavy atom. The molecule has 1 aliphatic rings. The van der Waals surface area contributed by atoms with Gasteiger partial charge in [-0.25, -0.2) is 0 Å². The Hall–Kier alpha value is -1.68. The van der Waals surface area contributed by atoms with Crippen LogP contribution >= 0.6 is 15.9 Å². The molecule has 0 aromatic carbocycles. The van der Waals surface area contributed by atoms with Crippen molar-refractivity contribution in [2.24, 2.45) is 0 Å². The van der Waals surface area contributed by atoms with Gasteiger partial charge in [-0.1, -0.05) is 15.9 Å². The molecule has 1 fully saturated rings. The standard InChI is InChI=1S/C14H19BrO9/c1-6(16)20-5-10-11(21-7(2)17)12(22-8(3)18)13(14(15)24-10)23-9(4)19/h10-14H,5H2,1-4H3/t10?,11-,12?,13-,14+/m0/s1. The Kier molecular flexibility index (Phi) is 7.61. The number of ether oxygens (including phenoxy) is 5. The van der Waals surface area contributed by atoms with Crippen molar-refractivity contribution in [2.75, 3.05) is 6.61 Å². The molecule has 5 atom stereocenters. The van der Waals surface area contributed by atoms with E-state index in [0.29, 0.717) is 0 Å². The summed E-state index contributed by atoms with van der Waals surface area (Å²) in [6.45, 7) is 4.47. The van der Waals surface area contributed by atoms with Crippen LogP contribution in [0.3, 0.4) is 0 Å². The Bertz CT molecular complexity index is 506. The third-order valence-corrected chi connectivity index (χ3v) is 3.67. The Labute approximate surface area is 147 Å². The molecule has 1 saturated heterocycles. The van der Waals surface area contributed by atoms with E-state index in [-0.39, 0.29) is 6.61 Å². The second-order valence-electron chi connectivity index (χ2n) is 5.05. The molecule has 0 aromatic heterocycles. The zero-order valence-corrected chi connectivity index (χ0v) is 15.2. The molecule has 0 aliphatic carbocycles. The summed E-state index contributed by atoms with van der Waals surface area (Å²) in [5.41, 5.74) is 0. The average molecular weight is 411 g/mol. The van der Waals surface area contributed by atoms with Crippen LogP contribution in [0.15, 0.2) is 0 Å². The molecule has 2 unspecified atom stereocenters. The molecule has 10 heteroatoms. The maximum absolute atomic E-state index is 11.4. The van der Waals surface area contributed by atoms with Crippen molar-refractivity contribution in [3.8, 4) is 0 Å². The van der Waals surface area contributed by atoms with Gasteiger partial charge in [-0.15, -0.1) is 0 Å². The van der Waals surface area contributed by atoms with Crippen LogP contribution in [0.2, 0.25) is 0 Å². The number of carbonyl (C=O) groups excluding carboxylic acids is 4. The highest BCUT2D eigenvalue weighted by atomic mass is 79.9. The smallest absolute Gasteiger partial charge is 0.303 e. The normalized spacial score (nSPS) is 29.3. The molecule has 0 saturated carbocycles. The van der Waals surface area contributed by atoms with Crippen LogP contribution in [0.25, 0.3) is 0 Å². The largest absolute Gasteiger partial charge is 0.463 e. The van der Waals surface area contributed by atoms with Crippen LogP contribution in [0.4, 0.5) is 0 Å². The monoisotopic (exact) mass is 410 g/mol. The van der Waals surface area contributed by atoms with Crippen LogP contribution in [0, 0.1) is 0 Å². The van der Waals surface area contributed by atoms with Gasteiger partial charge in [0.2, 0.25) is 0 Å². The molecule has 0 aromatic rings. The zero-order chi connectivity index (χ0) is 18.4. The topological polar surface area (TPSA) is 114 Å². The number of hydrogen-bond donors (Lipinski definition) is 0. The molecule has 136 valence electrons. The van der Waals surface area contributed by atoms with E-state index >= 15 is 0 Å². The first-order valence-electron chi connectivity index (χ1n) is 7.06. The van der Waals surface area contributed by atoms with Crippen molar-refractivity contribution in [1.82, 2.24) is 0 Å². The maximum atomic E-state index is 11.4. The van der Waals surface area contributed by atoms with E-state index in [1.165, 1.54) is 13.8 Å². The molecule has 0 bridgehead atoms. The fourth-order valence-corrected chi connectivity index (χ4v) is 2.86. The predicted octanol–water partition coefficient (Wildman–Crippen LogP) is 0.464. The lowest BCUT2D eigenvalue weighted by Crippen LogP contribution is -2.60. The third-order valence-electron chi connectivity index (χ3n) is 2.93. The number of halogens is 1. The molecular formula is C14H19BrO9. The second-order valence-corrected chi connectivity index (χ2v) is 5.95. The SMILES string of the molecule is CC(=O)OCC1O[C@@H](Br)[C@@H](OC(C)=O)C(OC(C)=O)[C@H]1OC(C)=O. The van der Waals surface area contributed by atoms with Crippen molar-refractivity contribution in [3.05, 3.63) is 0 Å². The summed E-state index contributed by atoms with van der Waals surface area (Å²) >= 11 is 3.18. The number of carbonyl (C=O) groups is 4. The molecule has 0 spiro atoms. The minimum atomic E-state index is -1.13. The number of hydrogen-bond acceptors (Lipinski definition) is 9. The summed E-state index contributed by atoms with van der Waals surface area (Å²) in [4.78, 5) is 45.1. The zero-order valence-electron chi connectivity index (χ0n) is 13.6. The van der Waals surface area contributed by atoms with Gasteiger partial charge in [0.15, 0.2) is 23.3 Å². The van der Waals surface area contributed by atoms with E-state index in [9.17, 15) is 19.2 Å². The summed E-state index contributed by atoms with van der Waals surface area (Å²) in [5.74, 6) is -2.52. The maximum Gasteiger partial charge on any atom is 0.303 e. The van der Waals surface area contributed by atoms with Crippen LogP contribution in [-0.4, -0.2) is 59.9 Å². The van der Waals surface area contributed by atoms with Crippen LogP contribution in [0.5, 0.6) is 0 Å². The first-order chi connectivity index (χ1) is 11.1.